The number of hydrogen-bond acceptors (Lipinski definition) is 4. The van der Waals surface area contributed by atoms with Gasteiger partial charge >= 0.3 is 0 Å². The average Bonchev–Trinajstić information content (AvgIpc) is 2.84. The van der Waals surface area contributed by atoms with Gasteiger partial charge in [-0.2, -0.15) is 0 Å². The third kappa shape index (κ3) is 2.18. The van der Waals surface area contributed by atoms with Crippen LogP contribution in [0.25, 0.3) is 5.65 Å². The standard InChI is InChI=1S/C14H10FN3OS/c1-9(19)10-5-4-6-11(15)13(10)20-14-17-16-12-7-2-3-8-18(12)14/h2-8H,1H3. The van der Waals surface area contributed by atoms with Crippen molar-refractivity contribution < 1.29 is 9.18 Å². The molecule has 0 aliphatic rings. The molecule has 3 aromatic rings. The molecule has 2 aromatic heterocycles. The normalized spacial score (nSPS) is 10.9. The summed E-state index contributed by atoms with van der Waals surface area (Å²) < 4.78 is 15.7. The minimum atomic E-state index is -0.435. The molecule has 20 heavy (non-hydrogen) atoms. The Morgan fingerprint density at radius 2 is 2.05 bits per heavy atom. The van der Waals surface area contributed by atoms with Crippen LogP contribution in [0, 0.1) is 5.82 Å². The maximum Gasteiger partial charge on any atom is 0.200 e. The van der Waals surface area contributed by atoms with Crippen LogP contribution in [-0.4, -0.2) is 20.4 Å². The molecule has 0 saturated carbocycles. The van der Waals surface area contributed by atoms with Crippen molar-refractivity contribution in [3.05, 3.63) is 54.0 Å². The highest BCUT2D eigenvalue weighted by Gasteiger charge is 2.16. The number of Topliss-reactive ketones (excluding diaryl/α,β-unsaturated/α-hetero) is 1. The molecule has 6 heteroatoms. The van der Waals surface area contributed by atoms with Gasteiger partial charge in [-0.1, -0.05) is 18.2 Å². The van der Waals surface area contributed by atoms with E-state index in [-0.39, 0.29) is 10.7 Å². The average molecular weight is 287 g/mol. The molecule has 3 rings (SSSR count). The van der Waals surface area contributed by atoms with Crippen LogP contribution in [0.15, 0.2) is 52.6 Å². The molecule has 0 amide bonds. The third-order valence-electron chi connectivity index (χ3n) is 2.82. The number of fused-ring (bicyclic) bond motifs is 1. The lowest BCUT2D eigenvalue weighted by Gasteiger charge is -2.06. The molecule has 0 spiro atoms. The number of halogens is 1. The van der Waals surface area contributed by atoms with E-state index in [2.05, 4.69) is 10.2 Å². The summed E-state index contributed by atoms with van der Waals surface area (Å²) in [6.45, 7) is 1.42. The first-order valence-electron chi connectivity index (χ1n) is 5.94. The second-order valence-electron chi connectivity index (χ2n) is 4.19. The van der Waals surface area contributed by atoms with Crippen molar-refractivity contribution in [2.24, 2.45) is 0 Å². The molecule has 0 unspecified atom stereocenters. The van der Waals surface area contributed by atoms with E-state index in [4.69, 9.17) is 0 Å². The Labute approximate surface area is 118 Å². The Kier molecular flexibility index (Phi) is 3.23. The summed E-state index contributed by atoms with van der Waals surface area (Å²) in [5.74, 6) is -0.615. The highest BCUT2D eigenvalue weighted by atomic mass is 32.2. The summed E-state index contributed by atoms with van der Waals surface area (Å²) in [5.41, 5.74) is 1.03. The zero-order valence-corrected chi connectivity index (χ0v) is 11.4. The highest BCUT2D eigenvalue weighted by molar-refractivity contribution is 7.99. The first-order chi connectivity index (χ1) is 9.66. The van der Waals surface area contributed by atoms with Crippen molar-refractivity contribution in [1.82, 2.24) is 14.6 Å². The fourth-order valence-electron chi connectivity index (χ4n) is 1.87. The number of rotatable bonds is 3. The van der Waals surface area contributed by atoms with Gasteiger partial charge in [-0.3, -0.25) is 9.20 Å². The topological polar surface area (TPSA) is 47.3 Å². The summed E-state index contributed by atoms with van der Waals surface area (Å²) in [6, 6.07) is 9.97. The number of aromatic nitrogens is 3. The first kappa shape index (κ1) is 12.8. The minimum absolute atomic E-state index is 0.180. The Morgan fingerprint density at radius 3 is 2.85 bits per heavy atom. The van der Waals surface area contributed by atoms with Gasteiger partial charge < -0.3 is 0 Å². The van der Waals surface area contributed by atoms with Crippen LogP contribution in [0.5, 0.6) is 0 Å². The molecule has 0 N–H and O–H groups in total. The number of carbonyl (C=O) groups is 1. The van der Waals surface area contributed by atoms with Gasteiger partial charge in [-0.05, 0) is 36.9 Å². The molecule has 0 radical (unpaired) electrons. The van der Waals surface area contributed by atoms with Crippen molar-refractivity contribution in [2.45, 2.75) is 17.0 Å². The number of carbonyl (C=O) groups excluding carboxylic acids is 1. The summed E-state index contributed by atoms with van der Waals surface area (Å²) in [7, 11) is 0. The molecule has 0 aliphatic heterocycles. The van der Waals surface area contributed by atoms with Gasteiger partial charge in [-0.15, -0.1) is 10.2 Å². The maximum absolute atomic E-state index is 14.0. The predicted octanol–water partition coefficient (Wildman–Crippen LogP) is 3.22. The molecular weight excluding hydrogens is 277 g/mol. The van der Waals surface area contributed by atoms with Gasteiger partial charge in [0.1, 0.15) is 5.82 Å². The van der Waals surface area contributed by atoms with E-state index in [1.165, 1.54) is 19.1 Å². The number of ketones is 1. The molecule has 0 atom stereocenters. The van der Waals surface area contributed by atoms with Crippen molar-refractivity contribution in [3.63, 3.8) is 0 Å². The molecule has 2 heterocycles. The van der Waals surface area contributed by atoms with Crippen molar-refractivity contribution in [3.8, 4) is 0 Å². The van der Waals surface area contributed by atoms with Gasteiger partial charge in [-0.25, -0.2) is 4.39 Å². The number of hydrogen-bond donors (Lipinski definition) is 0. The number of benzene rings is 1. The molecule has 4 nitrogen and oxygen atoms in total. The van der Waals surface area contributed by atoms with Gasteiger partial charge in [0.05, 0.1) is 4.90 Å². The van der Waals surface area contributed by atoms with E-state index < -0.39 is 5.82 Å². The molecule has 0 bridgehead atoms. The molecular formula is C14H10FN3OS. The van der Waals surface area contributed by atoms with Crippen LogP contribution in [0.2, 0.25) is 0 Å². The SMILES string of the molecule is CC(=O)c1cccc(F)c1Sc1nnc2ccccn12. The first-order valence-corrected chi connectivity index (χ1v) is 6.75. The van der Waals surface area contributed by atoms with Crippen molar-refractivity contribution in [1.29, 1.82) is 0 Å². The lowest BCUT2D eigenvalue weighted by molar-refractivity contribution is 0.101. The van der Waals surface area contributed by atoms with Crippen LogP contribution in [0.3, 0.4) is 0 Å². The van der Waals surface area contributed by atoms with Crippen LogP contribution >= 0.6 is 11.8 Å². The van der Waals surface area contributed by atoms with E-state index in [9.17, 15) is 9.18 Å². The lowest BCUT2D eigenvalue weighted by Crippen LogP contribution is -1.98. The Bertz CT molecular complexity index is 800. The predicted molar refractivity (Wildman–Crippen MR) is 73.5 cm³/mol. The van der Waals surface area contributed by atoms with Crippen molar-refractivity contribution >= 4 is 23.2 Å². The zero-order chi connectivity index (χ0) is 14.1. The summed E-state index contributed by atoms with van der Waals surface area (Å²) in [5, 5.41) is 8.56. The number of nitrogens with zero attached hydrogens (tertiary/aromatic N) is 3. The molecule has 0 aliphatic carbocycles. The van der Waals surface area contributed by atoms with E-state index in [1.54, 1.807) is 16.7 Å². The fourth-order valence-corrected chi connectivity index (χ4v) is 2.87. The minimum Gasteiger partial charge on any atom is -0.294 e. The second kappa shape index (κ2) is 5.05. The van der Waals surface area contributed by atoms with Crippen LogP contribution in [0.4, 0.5) is 4.39 Å². The Balaban J connectivity index is 2.10. The largest absolute Gasteiger partial charge is 0.294 e. The Morgan fingerprint density at radius 1 is 1.20 bits per heavy atom. The molecule has 100 valence electrons. The van der Waals surface area contributed by atoms with Gasteiger partial charge in [0, 0.05) is 11.8 Å². The molecule has 0 saturated heterocycles. The summed E-state index contributed by atoms with van der Waals surface area (Å²) in [4.78, 5) is 11.9. The van der Waals surface area contributed by atoms with Gasteiger partial charge in [0.25, 0.3) is 0 Å². The van der Waals surface area contributed by atoms with E-state index >= 15 is 0 Å². The summed E-state index contributed by atoms with van der Waals surface area (Å²) >= 11 is 1.10. The summed E-state index contributed by atoms with van der Waals surface area (Å²) in [6.07, 6.45) is 1.80. The molecule has 1 aromatic carbocycles. The van der Waals surface area contributed by atoms with E-state index in [0.717, 1.165) is 11.8 Å². The van der Waals surface area contributed by atoms with Gasteiger partial charge in [0.15, 0.2) is 11.4 Å². The van der Waals surface area contributed by atoms with Crippen LogP contribution < -0.4 is 0 Å². The van der Waals surface area contributed by atoms with E-state index in [1.807, 2.05) is 18.2 Å². The fraction of sp³-hybridized carbons (Fsp3) is 0.0714. The second-order valence-corrected chi connectivity index (χ2v) is 5.16. The quantitative estimate of drug-likeness (QED) is 0.694. The van der Waals surface area contributed by atoms with Crippen LogP contribution in [0.1, 0.15) is 17.3 Å². The number of pyridine rings is 1. The van der Waals surface area contributed by atoms with Crippen molar-refractivity contribution in [2.75, 3.05) is 0 Å². The maximum atomic E-state index is 14.0. The van der Waals surface area contributed by atoms with E-state index in [0.29, 0.717) is 16.4 Å². The lowest BCUT2D eigenvalue weighted by atomic mass is 10.1. The monoisotopic (exact) mass is 287 g/mol. The Hall–Kier alpha value is -2.21. The third-order valence-corrected chi connectivity index (χ3v) is 3.90. The highest BCUT2D eigenvalue weighted by Crippen LogP contribution is 2.32. The van der Waals surface area contributed by atoms with Crippen LogP contribution in [-0.2, 0) is 0 Å². The zero-order valence-electron chi connectivity index (χ0n) is 10.6. The molecule has 0 fully saturated rings. The smallest absolute Gasteiger partial charge is 0.200 e. The van der Waals surface area contributed by atoms with Gasteiger partial charge in [0.2, 0.25) is 5.16 Å².